The normalized spacial score (nSPS) is 12.6. The topological polar surface area (TPSA) is 32.3 Å². The number of benzene rings is 1. The van der Waals surface area contributed by atoms with Crippen LogP contribution in [0.25, 0.3) is 0 Å². The van der Waals surface area contributed by atoms with Crippen LogP contribution in [0.2, 0.25) is 0 Å². The molecule has 0 radical (unpaired) electrons. The number of thiophene rings is 1. The molecule has 2 rings (SSSR count). The number of aliphatic hydroxyl groups excluding tert-OH is 1. The molecule has 0 aliphatic carbocycles. The van der Waals surface area contributed by atoms with Gasteiger partial charge < -0.3 is 10.4 Å². The second-order valence-electron chi connectivity index (χ2n) is 3.61. The maximum absolute atomic E-state index is 9.35. The second-order valence-corrected chi connectivity index (χ2v) is 4.64. The van der Waals surface area contributed by atoms with Crippen LogP contribution in [0.1, 0.15) is 16.5 Å². The zero-order valence-corrected chi connectivity index (χ0v) is 9.78. The molecule has 0 spiro atoms. The van der Waals surface area contributed by atoms with E-state index in [1.54, 1.807) is 11.3 Å². The number of aliphatic hydroxyl groups is 1. The lowest BCUT2D eigenvalue weighted by Gasteiger charge is -2.15. The van der Waals surface area contributed by atoms with Crippen LogP contribution in [0.5, 0.6) is 0 Å². The van der Waals surface area contributed by atoms with Crippen molar-refractivity contribution in [1.82, 2.24) is 5.32 Å². The average molecular weight is 233 g/mol. The number of hydrogen-bond donors (Lipinski definition) is 2. The monoisotopic (exact) mass is 233 g/mol. The van der Waals surface area contributed by atoms with Crippen LogP contribution in [-0.4, -0.2) is 11.7 Å². The van der Waals surface area contributed by atoms with Crippen molar-refractivity contribution in [3.05, 3.63) is 58.3 Å². The molecule has 0 saturated heterocycles. The van der Waals surface area contributed by atoms with Gasteiger partial charge in [0.2, 0.25) is 0 Å². The highest BCUT2D eigenvalue weighted by molar-refractivity contribution is 7.09. The molecule has 2 nitrogen and oxygen atoms in total. The Kier molecular flexibility index (Phi) is 4.10. The lowest BCUT2D eigenvalue weighted by Crippen LogP contribution is -2.23. The van der Waals surface area contributed by atoms with Gasteiger partial charge in [0.25, 0.3) is 0 Å². The summed E-state index contributed by atoms with van der Waals surface area (Å²) >= 11 is 1.73. The molecule has 2 aromatic rings. The first kappa shape index (κ1) is 11.3. The summed E-state index contributed by atoms with van der Waals surface area (Å²) in [7, 11) is 0. The van der Waals surface area contributed by atoms with Gasteiger partial charge in [-0.2, -0.15) is 0 Å². The standard InChI is InChI=1S/C13H15NOS/c15-10-13(11-5-2-1-3-6-11)14-9-12-7-4-8-16-12/h1-8,13-15H,9-10H2. The van der Waals surface area contributed by atoms with E-state index in [1.165, 1.54) is 4.88 Å². The lowest BCUT2D eigenvalue weighted by molar-refractivity contribution is 0.244. The highest BCUT2D eigenvalue weighted by Crippen LogP contribution is 2.14. The highest BCUT2D eigenvalue weighted by Gasteiger charge is 2.08. The van der Waals surface area contributed by atoms with Crippen LogP contribution in [-0.2, 0) is 6.54 Å². The largest absolute Gasteiger partial charge is 0.394 e. The molecule has 0 fully saturated rings. The van der Waals surface area contributed by atoms with Gasteiger partial charge in [-0.1, -0.05) is 36.4 Å². The van der Waals surface area contributed by atoms with Crippen LogP contribution >= 0.6 is 11.3 Å². The third kappa shape index (κ3) is 2.92. The van der Waals surface area contributed by atoms with Crippen molar-refractivity contribution < 1.29 is 5.11 Å². The first-order valence-electron chi connectivity index (χ1n) is 5.31. The average Bonchev–Trinajstić information content (AvgIpc) is 2.84. The van der Waals surface area contributed by atoms with Crippen molar-refractivity contribution in [1.29, 1.82) is 0 Å². The Hall–Kier alpha value is -1.16. The van der Waals surface area contributed by atoms with Crippen molar-refractivity contribution in [3.63, 3.8) is 0 Å². The van der Waals surface area contributed by atoms with Crippen molar-refractivity contribution in [3.8, 4) is 0 Å². The van der Waals surface area contributed by atoms with Gasteiger partial charge in [-0.25, -0.2) is 0 Å². The van der Waals surface area contributed by atoms with Crippen molar-refractivity contribution in [2.75, 3.05) is 6.61 Å². The molecule has 0 bridgehead atoms. The minimum absolute atomic E-state index is 0.0169. The molecule has 1 unspecified atom stereocenters. The first-order valence-corrected chi connectivity index (χ1v) is 6.19. The van der Waals surface area contributed by atoms with Gasteiger partial charge in [0.1, 0.15) is 0 Å². The smallest absolute Gasteiger partial charge is 0.0626 e. The van der Waals surface area contributed by atoms with Crippen LogP contribution in [0.15, 0.2) is 47.8 Å². The quantitative estimate of drug-likeness (QED) is 0.832. The zero-order chi connectivity index (χ0) is 11.2. The summed E-state index contributed by atoms with van der Waals surface area (Å²) in [6.45, 7) is 0.924. The molecule has 1 aromatic carbocycles. The lowest BCUT2D eigenvalue weighted by atomic mass is 10.1. The maximum atomic E-state index is 9.35. The fraction of sp³-hybridized carbons (Fsp3) is 0.231. The van der Waals surface area contributed by atoms with E-state index in [2.05, 4.69) is 16.8 Å². The van der Waals surface area contributed by atoms with E-state index in [0.717, 1.165) is 12.1 Å². The van der Waals surface area contributed by atoms with Gasteiger partial charge in [0, 0.05) is 11.4 Å². The third-order valence-corrected chi connectivity index (χ3v) is 3.36. The minimum Gasteiger partial charge on any atom is -0.394 e. The van der Waals surface area contributed by atoms with Gasteiger partial charge >= 0.3 is 0 Å². The molecule has 2 N–H and O–H groups in total. The van der Waals surface area contributed by atoms with E-state index >= 15 is 0 Å². The molecule has 1 aromatic heterocycles. The van der Waals surface area contributed by atoms with Gasteiger partial charge in [-0.15, -0.1) is 11.3 Å². The van der Waals surface area contributed by atoms with Crippen LogP contribution in [0.4, 0.5) is 0 Å². The molecule has 0 aliphatic heterocycles. The summed E-state index contributed by atoms with van der Waals surface area (Å²) < 4.78 is 0. The first-order chi connectivity index (χ1) is 7.90. The number of nitrogens with one attached hydrogen (secondary N) is 1. The molecule has 84 valence electrons. The molecule has 3 heteroatoms. The Morgan fingerprint density at radius 2 is 1.94 bits per heavy atom. The van der Waals surface area contributed by atoms with Crippen LogP contribution < -0.4 is 5.32 Å². The minimum atomic E-state index is 0.0169. The van der Waals surface area contributed by atoms with Crippen molar-refractivity contribution in [2.45, 2.75) is 12.6 Å². The molecule has 0 aliphatic rings. The van der Waals surface area contributed by atoms with E-state index in [9.17, 15) is 5.11 Å². The van der Waals surface area contributed by atoms with Gasteiger partial charge in [0.05, 0.1) is 12.6 Å². The van der Waals surface area contributed by atoms with Gasteiger partial charge in [-0.3, -0.25) is 0 Å². The summed E-state index contributed by atoms with van der Waals surface area (Å²) in [5.41, 5.74) is 1.13. The van der Waals surface area contributed by atoms with E-state index in [0.29, 0.717) is 0 Å². The van der Waals surface area contributed by atoms with Crippen LogP contribution in [0, 0.1) is 0 Å². The predicted molar refractivity (Wildman–Crippen MR) is 67.4 cm³/mol. The highest BCUT2D eigenvalue weighted by atomic mass is 32.1. The van der Waals surface area contributed by atoms with Crippen molar-refractivity contribution in [2.24, 2.45) is 0 Å². The van der Waals surface area contributed by atoms with Gasteiger partial charge in [0.15, 0.2) is 0 Å². The molecular weight excluding hydrogens is 218 g/mol. The fourth-order valence-corrected chi connectivity index (χ4v) is 2.27. The Morgan fingerprint density at radius 3 is 2.56 bits per heavy atom. The van der Waals surface area contributed by atoms with E-state index in [1.807, 2.05) is 36.4 Å². The number of hydrogen-bond acceptors (Lipinski definition) is 3. The summed E-state index contributed by atoms with van der Waals surface area (Å²) in [6, 6.07) is 14.2. The van der Waals surface area contributed by atoms with Crippen molar-refractivity contribution >= 4 is 11.3 Å². The SMILES string of the molecule is OCC(NCc1cccs1)c1ccccc1. The third-order valence-electron chi connectivity index (χ3n) is 2.49. The molecule has 1 heterocycles. The molecule has 0 amide bonds. The summed E-state index contributed by atoms with van der Waals surface area (Å²) in [6.07, 6.45) is 0. The van der Waals surface area contributed by atoms with Crippen LogP contribution in [0.3, 0.4) is 0 Å². The Morgan fingerprint density at radius 1 is 1.12 bits per heavy atom. The fourth-order valence-electron chi connectivity index (χ4n) is 1.61. The second kappa shape index (κ2) is 5.80. The molecular formula is C13H15NOS. The molecule has 0 saturated carbocycles. The summed E-state index contributed by atoms with van der Waals surface area (Å²) in [4.78, 5) is 1.29. The Bertz CT molecular complexity index is 399. The Balaban J connectivity index is 1.96. The van der Waals surface area contributed by atoms with E-state index < -0.39 is 0 Å². The number of rotatable bonds is 5. The Labute approximate surface area is 99.6 Å². The van der Waals surface area contributed by atoms with E-state index in [4.69, 9.17) is 0 Å². The molecule has 1 atom stereocenters. The zero-order valence-electron chi connectivity index (χ0n) is 8.97. The van der Waals surface area contributed by atoms with Gasteiger partial charge in [-0.05, 0) is 17.0 Å². The summed E-state index contributed by atoms with van der Waals surface area (Å²) in [5.74, 6) is 0. The molecule has 16 heavy (non-hydrogen) atoms. The maximum Gasteiger partial charge on any atom is 0.0626 e. The predicted octanol–water partition coefficient (Wildman–Crippen LogP) is 2.57. The summed E-state index contributed by atoms with van der Waals surface area (Å²) in [5, 5.41) is 14.8. The van der Waals surface area contributed by atoms with E-state index in [-0.39, 0.29) is 12.6 Å².